The number of rotatable bonds is 5. The maximum Gasteiger partial charge on any atom is 0.211 e. The molecule has 124 valence electrons. The first-order chi connectivity index (χ1) is 11.7. The molecule has 0 unspecified atom stereocenters. The minimum absolute atomic E-state index is 0.0746. The Morgan fingerprint density at radius 3 is 2.54 bits per heavy atom. The fourth-order valence-corrected chi connectivity index (χ4v) is 2.73. The van der Waals surface area contributed by atoms with Crippen LogP contribution in [-0.4, -0.2) is 25.7 Å². The van der Waals surface area contributed by atoms with E-state index >= 15 is 0 Å². The van der Waals surface area contributed by atoms with Crippen LogP contribution in [0.5, 0.6) is 0 Å². The third-order valence-corrected chi connectivity index (χ3v) is 4.02. The Hall–Kier alpha value is -2.59. The van der Waals surface area contributed by atoms with E-state index in [2.05, 4.69) is 4.99 Å². The minimum atomic E-state index is -0.150. The van der Waals surface area contributed by atoms with E-state index in [9.17, 15) is 0 Å². The zero-order valence-electron chi connectivity index (χ0n) is 14.0. The number of benzene rings is 2. The van der Waals surface area contributed by atoms with Crippen LogP contribution in [0.3, 0.4) is 0 Å². The van der Waals surface area contributed by atoms with Gasteiger partial charge in [0.15, 0.2) is 6.10 Å². The molecular formula is C20H22N2O2. The van der Waals surface area contributed by atoms with Gasteiger partial charge in [0.2, 0.25) is 5.90 Å². The minimum Gasteiger partial charge on any atom is -0.467 e. The Labute approximate surface area is 142 Å². The highest BCUT2D eigenvalue weighted by atomic mass is 16.5. The number of methoxy groups -OCH3 is 1. The summed E-state index contributed by atoms with van der Waals surface area (Å²) in [6.45, 7) is 2.55. The lowest BCUT2D eigenvalue weighted by Crippen LogP contribution is -2.19. The number of nitrogens with two attached hydrogens (primary N) is 1. The van der Waals surface area contributed by atoms with Gasteiger partial charge in [-0.15, -0.1) is 0 Å². The number of hydrogen-bond acceptors (Lipinski definition) is 4. The maximum atomic E-state index is 6.20. The normalized spacial score (nSPS) is 20.6. The van der Waals surface area contributed by atoms with Crippen molar-refractivity contribution in [1.29, 1.82) is 0 Å². The predicted molar refractivity (Wildman–Crippen MR) is 96.7 cm³/mol. The second-order valence-electron chi connectivity index (χ2n) is 5.90. The molecule has 1 aliphatic rings. The van der Waals surface area contributed by atoms with Gasteiger partial charge < -0.3 is 15.2 Å². The van der Waals surface area contributed by atoms with Gasteiger partial charge in [-0.3, -0.25) is 0 Å². The number of aliphatic imine (C=N–C) groups is 1. The molecule has 1 aliphatic heterocycles. The van der Waals surface area contributed by atoms with Crippen LogP contribution in [-0.2, 0) is 9.47 Å². The lowest BCUT2D eigenvalue weighted by Gasteiger charge is -2.17. The third-order valence-electron chi connectivity index (χ3n) is 4.02. The Morgan fingerprint density at radius 1 is 1.17 bits per heavy atom. The van der Waals surface area contributed by atoms with Gasteiger partial charge in [-0.25, -0.2) is 4.99 Å². The van der Waals surface area contributed by atoms with Crippen LogP contribution in [0.2, 0.25) is 0 Å². The van der Waals surface area contributed by atoms with Crippen molar-refractivity contribution in [3.05, 3.63) is 77.4 Å². The summed E-state index contributed by atoms with van der Waals surface area (Å²) < 4.78 is 11.3. The van der Waals surface area contributed by atoms with Crippen molar-refractivity contribution in [2.45, 2.75) is 19.1 Å². The van der Waals surface area contributed by atoms with E-state index in [1.54, 1.807) is 13.2 Å². The van der Waals surface area contributed by atoms with E-state index < -0.39 is 0 Å². The first kappa shape index (κ1) is 16.3. The first-order valence-electron chi connectivity index (χ1n) is 8.00. The van der Waals surface area contributed by atoms with Gasteiger partial charge in [0, 0.05) is 18.9 Å². The molecule has 2 N–H and O–H groups in total. The number of nitrogens with zero attached hydrogens (tertiary/aromatic N) is 1. The molecule has 1 heterocycles. The predicted octanol–water partition coefficient (Wildman–Crippen LogP) is 3.48. The van der Waals surface area contributed by atoms with Gasteiger partial charge in [0.05, 0.1) is 6.61 Å². The molecule has 4 nitrogen and oxygen atoms in total. The quantitative estimate of drug-likeness (QED) is 0.917. The molecule has 0 amide bonds. The van der Waals surface area contributed by atoms with E-state index in [0.29, 0.717) is 18.2 Å². The Kier molecular flexibility index (Phi) is 4.96. The summed E-state index contributed by atoms with van der Waals surface area (Å²) in [7, 11) is 1.67. The van der Waals surface area contributed by atoms with Crippen molar-refractivity contribution in [1.82, 2.24) is 0 Å². The fourth-order valence-electron chi connectivity index (χ4n) is 2.73. The summed E-state index contributed by atoms with van der Waals surface area (Å²) in [4.78, 5) is 4.63. The summed E-state index contributed by atoms with van der Waals surface area (Å²) in [6, 6.07) is 18.1. The van der Waals surface area contributed by atoms with Crippen LogP contribution in [0.25, 0.3) is 5.70 Å². The molecule has 4 heteroatoms. The van der Waals surface area contributed by atoms with Crippen LogP contribution in [0.1, 0.15) is 22.8 Å². The highest BCUT2D eigenvalue weighted by Gasteiger charge is 2.31. The van der Waals surface area contributed by atoms with Crippen molar-refractivity contribution in [3.8, 4) is 0 Å². The fraction of sp³-hybridized carbons (Fsp3) is 0.250. The SMILES string of the molecule is COC[C@@H]1N=C(/C=C(/N)c2ccc(C)cc2)O[C@H]1c1ccccc1. The summed E-state index contributed by atoms with van der Waals surface area (Å²) in [5.41, 5.74) is 10.1. The molecule has 0 spiro atoms. The van der Waals surface area contributed by atoms with Crippen LogP contribution in [0.15, 0.2) is 65.7 Å². The van der Waals surface area contributed by atoms with Crippen molar-refractivity contribution in [2.24, 2.45) is 10.7 Å². The second-order valence-corrected chi connectivity index (χ2v) is 5.90. The van der Waals surface area contributed by atoms with Gasteiger partial charge in [-0.1, -0.05) is 60.2 Å². The molecule has 2 aromatic rings. The Morgan fingerprint density at radius 2 is 1.88 bits per heavy atom. The van der Waals surface area contributed by atoms with Crippen molar-refractivity contribution in [2.75, 3.05) is 13.7 Å². The largest absolute Gasteiger partial charge is 0.467 e. The van der Waals surface area contributed by atoms with E-state index in [4.69, 9.17) is 15.2 Å². The number of ether oxygens (including phenoxy) is 2. The molecule has 24 heavy (non-hydrogen) atoms. The van der Waals surface area contributed by atoms with E-state index in [1.165, 1.54) is 5.56 Å². The smallest absolute Gasteiger partial charge is 0.211 e. The molecule has 2 atom stereocenters. The molecule has 0 fully saturated rings. The molecule has 0 saturated carbocycles. The molecule has 2 aromatic carbocycles. The monoisotopic (exact) mass is 322 g/mol. The summed E-state index contributed by atoms with van der Waals surface area (Å²) in [5.74, 6) is 0.545. The van der Waals surface area contributed by atoms with Crippen molar-refractivity contribution in [3.63, 3.8) is 0 Å². The zero-order chi connectivity index (χ0) is 16.9. The highest BCUT2D eigenvalue weighted by molar-refractivity contribution is 5.95. The summed E-state index contributed by atoms with van der Waals surface area (Å²) in [6.07, 6.45) is 1.64. The second kappa shape index (κ2) is 7.32. The Balaban J connectivity index is 1.82. The third kappa shape index (κ3) is 3.66. The molecule has 0 bridgehead atoms. The lowest BCUT2D eigenvalue weighted by atomic mass is 10.0. The van der Waals surface area contributed by atoms with E-state index in [-0.39, 0.29) is 12.1 Å². The average Bonchev–Trinajstić information content (AvgIpc) is 2.99. The molecule has 0 saturated heterocycles. The van der Waals surface area contributed by atoms with Crippen molar-refractivity contribution >= 4 is 11.6 Å². The Bertz CT molecular complexity index is 736. The topological polar surface area (TPSA) is 56.8 Å². The first-order valence-corrected chi connectivity index (χ1v) is 8.00. The van der Waals surface area contributed by atoms with Crippen LogP contribution in [0.4, 0.5) is 0 Å². The molecular weight excluding hydrogens is 300 g/mol. The van der Waals surface area contributed by atoms with Gasteiger partial charge in [-0.2, -0.15) is 0 Å². The highest BCUT2D eigenvalue weighted by Crippen LogP contribution is 2.30. The van der Waals surface area contributed by atoms with Gasteiger partial charge in [0.1, 0.15) is 6.04 Å². The van der Waals surface area contributed by atoms with Gasteiger partial charge >= 0.3 is 0 Å². The zero-order valence-corrected chi connectivity index (χ0v) is 14.0. The molecule has 0 aliphatic carbocycles. The summed E-state index contributed by atoms with van der Waals surface area (Å²) in [5, 5.41) is 0. The van der Waals surface area contributed by atoms with Gasteiger partial charge in [-0.05, 0) is 18.1 Å². The molecule has 0 radical (unpaired) electrons. The standard InChI is InChI=1S/C20H22N2O2/c1-14-8-10-15(11-9-14)17(21)12-19-22-18(13-23-2)20(24-19)16-6-4-3-5-7-16/h3-12,18,20H,13,21H2,1-2H3/b17-12+/t18-,20-/m0/s1. The van der Waals surface area contributed by atoms with Crippen LogP contribution in [0, 0.1) is 6.92 Å². The van der Waals surface area contributed by atoms with Gasteiger partial charge in [0.25, 0.3) is 0 Å². The van der Waals surface area contributed by atoms with Crippen molar-refractivity contribution < 1.29 is 9.47 Å². The number of hydrogen-bond donors (Lipinski definition) is 1. The maximum absolute atomic E-state index is 6.20. The summed E-state index contributed by atoms with van der Waals surface area (Å²) >= 11 is 0. The molecule has 3 rings (SSSR count). The lowest BCUT2D eigenvalue weighted by molar-refractivity contribution is 0.120. The van der Waals surface area contributed by atoms with E-state index in [1.807, 2.05) is 61.5 Å². The van der Waals surface area contributed by atoms with Crippen LogP contribution < -0.4 is 5.73 Å². The molecule has 0 aromatic heterocycles. The number of aryl methyl sites for hydroxylation is 1. The van der Waals surface area contributed by atoms with Crippen LogP contribution >= 0.6 is 0 Å². The average molecular weight is 322 g/mol. The van der Waals surface area contributed by atoms with E-state index in [0.717, 1.165) is 11.1 Å².